The molecular formula is C22H19N5O6S. The number of H-pyrrole nitrogens is 1. The van der Waals surface area contributed by atoms with Crippen LogP contribution in [0, 0.1) is 5.41 Å². The molecule has 0 bridgehead atoms. The first-order valence-electron chi connectivity index (χ1n) is 10.3. The number of nitrogens with zero attached hydrogens (tertiary/aromatic N) is 3. The second-order valence-corrected chi connectivity index (χ2v) is 9.52. The largest absolute Gasteiger partial charge is 0.493 e. The van der Waals surface area contributed by atoms with Crippen molar-refractivity contribution in [2.75, 3.05) is 26.3 Å². The number of carbonyl (C=O) groups is 1. The molecule has 1 aliphatic rings. The lowest BCUT2D eigenvalue weighted by atomic mass is 10.2. The third-order valence-corrected chi connectivity index (χ3v) is 7.37. The number of aromatic amines is 1. The van der Waals surface area contributed by atoms with Gasteiger partial charge in [-0.3, -0.25) is 10.2 Å². The SMILES string of the molecule is N=c1oc2ccccc2cc1C(=O)N=Nc1c(O)[nH]c2ccc(S(=O)(=O)N3CCOCC3)cc12. The number of ether oxygens (including phenoxy) is 1. The molecule has 1 aliphatic heterocycles. The Labute approximate surface area is 192 Å². The standard InChI is InChI=1S/C22H19N5O6S/c23-20-16(11-13-3-1-2-4-18(13)33-20)21(28)26-25-19-15-12-14(5-6-17(15)24-22(19)29)34(30,31)27-7-9-32-10-8-27/h1-6,11-12,23-24,29H,7-10H2. The van der Waals surface area contributed by atoms with E-state index in [2.05, 4.69) is 15.2 Å². The van der Waals surface area contributed by atoms with Crippen molar-refractivity contribution in [3.63, 3.8) is 0 Å². The van der Waals surface area contributed by atoms with Crippen molar-refractivity contribution in [2.24, 2.45) is 10.2 Å². The van der Waals surface area contributed by atoms with E-state index in [1.165, 1.54) is 28.6 Å². The van der Waals surface area contributed by atoms with E-state index in [1.807, 2.05) is 0 Å². The number of amides is 1. The summed E-state index contributed by atoms with van der Waals surface area (Å²) in [5, 5.41) is 26.7. The molecule has 3 N–H and O–H groups in total. The van der Waals surface area contributed by atoms with E-state index < -0.39 is 15.9 Å². The molecule has 0 saturated carbocycles. The van der Waals surface area contributed by atoms with Crippen LogP contribution in [0.4, 0.5) is 5.69 Å². The van der Waals surface area contributed by atoms with Gasteiger partial charge in [-0.2, -0.15) is 4.31 Å². The molecule has 1 amide bonds. The summed E-state index contributed by atoms with van der Waals surface area (Å²) in [4.78, 5) is 15.3. The molecule has 0 spiro atoms. The van der Waals surface area contributed by atoms with Crippen molar-refractivity contribution in [3.05, 3.63) is 59.6 Å². The van der Waals surface area contributed by atoms with Crippen LogP contribution in [-0.2, 0) is 14.8 Å². The number of hydrogen-bond acceptors (Lipinski definition) is 8. The zero-order valence-corrected chi connectivity index (χ0v) is 18.5. The predicted molar refractivity (Wildman–Crippen MR) is 120 cm³/mol. The lowest BCUT2D eigenvalue weighted by Gasteiger charge is -2.26. The van der Waals surface area contributed by atoms with Crippen LogP contribution >= 0.6 is 0 Å². The number of morpholine rings is 1. The number of sulfonamides is 1. The van der Waals surface area contributed by atoms with Gasteiger partial charge in [-0.1, -0.05) is 18.2 Å². The predicted octanol–water partition coefficient (Wildman–Crippen LogP) is 3.04. The second kappa shape index (κ2) is 8.48. The number of aromatic hydroxyl groups is 1. The average Bonchev–Trinajstić information content (AvgIpc) is 3.16. The normalized spacial score (nSPS) is 15.4. The van der Waals surface area contributed by atoms with Crippen molar-refractivity contribution in [2.45, 2.75) is 4.90 Å². The first kappa shape index (κ1) is 21.9. The Morgan fingerprint density at radius 2 is 1.88 bits per heavy atom. The van der Waals surface area contributed by atoms with Gasteiger partial charge in [0.25, 0.3) is 0 Å². The van der Waals surface area contributed by atoms with E-state index in [0.29, 0.717) is 29.7 Å². The molecule has 1 fully saturated rings. The van der Waals surface area contributed by atoms with Gasteiger partial charge < -0.3 is 19.2 Å². The van der Waals surface area contributed by atoms with Crippen molar-refractivity contribution >= 4 is 43.5 Å². The molecule has 5 rings (SSSR count). The number of nitrogens with one attached hydrogen (secondary N) is 2. The first-order valence-corrected chi connectivity index (χ1v) is 11.7. The maximum Gasteiger partial charge on any atom is 0.300 e. The molecule has 3 heterocycles. The average molecular weight is 481 g/mol. The van der Waals surface area contributed by atoms with Gasteiger partial charge in [0.05, 0.1) is 23.6 Å². The van der Waals surface area contributed by atoms with E-state index in [9.17, 15) is 18.3 Å². The van der Waals surface area contributed by atoms with Crippen LogP contribution in [0.1, 0.15) is 10.4 Å². The molecule has 12 heteroatoms. The summed E-state index contributed by atoms with van der Waals surface area (Å²) in [6.45, 7) is 1.11. The summed E-state index contributed by atoms with van der Waals surface area (Å²) in [6, 6.07) is 12.7. The van der Waals surface area contributed by atoms with Gasteiger partial charge in [-0.25, -0.2) is 8.42 Å². The summed E-state index contributed by atoms with van der Waals surface area (Å²) in [5.41, 5.74) is 0.305. The maximum absolute atomic E-state index is 13.0. The molecule has 0 atom stereocenters. The number of benzene rings is 2. The number of hydrogen-bond donors (Lipinski definition) is 3. The van der Waals surface area contributed by atoms with Gasteiger partial charge in [0.15, 0.2) is 5.69 Å². The van der Waals surface area contributed by atoms with E-state index in [-0.39, 0.29) is 46.1 Å². The molecule has 11 nitrogen and oxygen atoms in total. The summed E-state index contributed by atoms with van der Waals surface area (Å²) in [7, 11) is -3.78. The molecule has 34 heavy (non-hydrogen) atoms. The summed E-state index contributed by atoms with van der Waals surface area (Å²) >= 11 is 0. The quantitative estimate of drug-likeness (QED) is 0.380. The van der Waals surface area contributed by atoms with Gasteiger partial charge in [0, 0.05) is 23.9 Å². The van der Waals surface area contributed by atoms with Gasteiger partial charge in [-0.15, -0.1) is 10.2 Å². The number of azo groups is 1. The third-order valence-electron chi connectivity index (χ3n) is 5.48. The topological polar surface area (TPSA) is 161 Å². The van der Waals surface area contributed by atoms with Crippen LogP contribution in [0.2, 0.25) is 0 Å². The Morgan fingerprint density at radius 1 is 1.12 bits per heavy atom. The van der Waals surface area contributed by atoms with Crippen molar-refractivity contribution in [3.8, 4) is 5.88 Å². The van der Waals surface area contributed by atoms with E-state index >= 15 is 0 Å². The van der Waals surface area contributed by atoms with Crippen molar-refractivity contribution < 1.29 is 27.5 Å². The minimum atomic E-state index is -3.78. The minimum Gasteiger partial charge on any atom is -0.493 e. The zero-order valence-electron chi connectivity index (χ0n) is 17.7. The summed E-state index contributed by atoms with van der Waals surface area (Å²) < 4.78 is 37.9. The highest BCUT2D eigenvalue weighted by atomic mass is 32.2. The fraction of sp³-hybridized carbons (Fsp3) is 0.182. The Kier molecular flexibility index (Phi) is 5.48. The molecule has 1 saturated heterocycles. The fourth-order valence-corrected chi connectivity index (χ4v) is 5.16. The highest BCUT2D eigenvalue weighted by Crippen LogP contribution is 2.37. The highest BCUT2D eigenvalue weighted by molar-refractivity contribution is 7.89. The molecule has 2 aromatic heterocycles. The van der Waals surface area contributed by atoms with Gasteiger partial charge in [-0.05, 0) is 30.3 Å². The van der Waals surface area contributed by atoms with Gasteiger partial charge >= 0.3 is 5.91 Å². The van der Waals surface area contributed by atoms with Crippen LogP contribution in [-0.4, -0.2) is 55.0 Å². The maximum atomic E-state index is 13.0. The molecule has 4 aromatic rings. The number of aromatic nitrogens is 1. The molecule has 174 valence electrons. The molecule has 0 radical (unpaired) electrons. The summed E-state index contributed by atoms with van der Waals surface area (Å²) in [5.74, 6) is -1.22. The van der Waals surface area contributed by atoms with Gasteiger partial charge in [0.2, 0.25) is 21.5 Å². The number of carbonyl (C=O) groups excluding carboxylic acids is 1. The fourth-order valence-electron chi connectivity index (χ4n) is 3.73. The monoisotopic (exact) mass is 481 g/mol. The Morgan fingerprint density at radius 3 is 2.68 bits per heavy atom. The van der Waals surface area contributed by atoms with Gasteiger partial charge in [0.1, 0.15) is 11.1 Å². The lowest BCUT2D eigenvalue weighted by molar-refractivity contribution is 0.0730. The van der Waals surface area contributed by atoms with E-state index in [1.54, 1.807) is 24.3 Å². The third kappa shape index (κ3) is 3.87. The highest BCUT2D eigenvalue weighted by Gasteiger charge is 2.27. The van der Waals surface area contributed by atoms with Crippen LogP contribution in [0.5, 0.6) is 5.88 Å². The Hall–Kier alpha value is -3.87. The molecular weight excluding hydrogens is 462 g/mol. The van der Waals surface area contributed by atoms with Crippen molar-refractivity contribution in [1.29, 1.82) is 5.41 Å². The zero-order chi connectivity index (χ0) is 23.9. The first-order chi connectivity index (χ1) is 16.3. The number of rotatable bonds is 4. The second-order valence-electron chi connectivity index (χ2n) is 7.58. The summed E-state index contributed by atoms with van der Waals surface area (Å²) in [6.07, 6.45) is 0. The number of para-hydroxylation sites is 1. The Bertz CT molecular complexity index is 1620. The van der Waals surface area contributed by atoms with Crippen LogP contribution in [0.3, 0.4) is 0 Å². The molecule has 2 aromatic carbocycles. The van der Waals surface area contributed by atoms with Crippen molar-refractivity contribution in [1.82, 2.24) is 9.29 Å². The molecule has 0 unspecified atom stereocenters. The molecule has 0 aliphatic carbocycles. The minimum absolute atomic E-state index is 0.0189. The van der Waals surface area contributed by atoms with Crippen LogP contribution < -0.4 is 5.55 Å². The van der Waals surface area contributed by atoms with E-state index in [4.69, 9.17) is 14.6 Å². The van der Waals surface area contributed by atoms with Crippen LogP contribution in [0.25, 0.3) is 21.9 Å². The number of fused-ring (bicyclic) bond motifs is 2. The smallest absolute Gasteiger partial charge is 0.300 e. The lowest BCUT2D eigenvalue weighted by Crippen LogP contribution is -2.40. The Balaban J connectivity index is 1.51. The van der Waals surface area contributed by atoms with Crippen LogP contribution in [0.15, 0.2) is 68.1 Å². The van der Waals surface area contributed by atoms with E-state index in [0.717, 1.165) is 0 Å².